The zero-order valence-electron chi connectivity index (χ0n) is 8.33. The molecule has 16 heavy (non-hydrogen) atoms. The number of rotatable bonds is 2. The molecule has 0 saturated heterocycles. The molecule has 0 bridgehead atoms. The van der Waals surface area contributed by atoms with Crippen LogP contribution in [0.25, 0.3) is 0 Å². The van der Waals surface area contributed by atoms with Crippen LogP contribution in [0.1, 0.15) is 5.56 Å². The highest BCUT2D eigenvalue weighted by Crippen LogP contribution is 2.33. The Morgan fingerprint density at radius 2 is 1.56 bits per heavy atom. The zero-order valence-corrected chi connectivity index (χ0v) is 13.1. The minimum absolute atomic E-state index is 0.854. The molecule has 1 aromatic carbocycles. The number of nitrogens with zero attached hydrogens (tertiary/aromatic N) is 1. The van der Waals surface area contributed by atoms with Crippen molar-refractivity contribution in [3.05, 3.63) is 61.7 Å². The Bertz CT molecular complexity index is 497. The van der Waals surface area contributed by atoms with Crippen LogP contribution in [0.15, 0.2) is 56.1 Å². The molecule has 0 aliphatic rings. The molecular weight excluding hydrogens is 398 g/mol. The predicted molar refractivity (Wildman–Crippen MR) is 75.3 cm³/mol. The summed E-state index contributed by atoms with van der Waals surface area (Å²) in [5.74, 6) is 0. The molecule has 82 valence electrons. The van der Waals surface area contributed by atoms with Gasteiger partial charge in [-0.3, -0.25) is 0 Å². The molecule has 0 radical (unpaired) electrons. The number of hydrogen-bond donors (Lipinski definition) is 0. The third kappa shape index (κ3) is 2.73. The van der Waals surface area contributed by atoms with Gasteiger partial charge in [0.05, 0.1) is 0 Å². The fraction of sp³-hybridized carbons (Fsp3) is 0.0833. The van der Waals surface area contributed by atoms with Gasteiger partial charge in [-0.15, -0.1) is 0 Å². The van der Waals surface area contributed by atoms with Crippen molar-refractivity contribution in [3.63, 3.8) is 0 Å². The molecule has 0 spiro atoms. The van der Waals surface area contributed by atoms with E-state index >= 15 is 0 Å². The predicted octanol–water partition coefficient (Wildman–Crippen LogP) is 4.31. The summed E-state index contributed by atoms with van der Waals surface area (Å²) in [6.45, 7) is 0.854. The molecule has 0 N–H and O–H groups in total. The summed E-state index contributed by atoms with van der Waals surface area (Å²) in [6, 6.07) is 10.2. The minimum Gasteiger partial charge on any atom is -0.201 e. The molecule has 2 rings (SSSR count). The summed E-state index contributed by atoms with van der Waals surface area (Å²) in [5.41, 5.74) is 1.24. The molecule has 0 fully saturated rings. The molecule has 0 saturated carbocycles. The number of aromatic nitrogens is 1. The van der Waals surface area contributed by atoms with Gasteiger partial charge in [0.15, 0.2) is 18.9 Å². The topological polar surface area (TPSA) is 3.88 Å². The van der Waals surface area contributed by atoms with E-state index in [1.165, 1.54) is 5.56 Å². The number of hydrogen-bond acceptors (Lipinski definition) is 0. The summed E-state index contributed by atoms with van der Waals surface area (Å²) in [7, 11) is 0. The van der Waals surface area contributed by atoms with E-state index in [0.717, 1.165) is 20.0 Å². The van der Waals surface area contributed by atoms with Crippen molar-refractivity contribution in [3.8, 4) is 0 Å². The van der Waals surface area contributed by atoms with Gasteiger partial charge in [0.25, 0.3) is 0 Å². The van der Waals surface area contributed by atoms with Gasteiger partial charge in [-0.1, -0.05) is 12.1 Å². The first-order valence-corrected chi connectivity index (χ1v) is 7.13. The Morgan fingerprint density at radius 1 is 0.875 bits per heavy atom. The maximum atomic E-state index is 3.60. The van der Waals surface area contributed by atoms with E-state index in [4.69, 9.17) is 0 Å². The average Bonchev–Trinajstić information content (AvgIpc) is 2.31. The highest BCUT2D eigenvalue weighted by molar-refractivity contribution is 9.14. The smallest absolute Gasteiger partial charge is 0.174 e. The third-order valence-corrected chi connectivity index (χ3v) is 5.70. The van der Waals surface area contributed by atoms with Gasteiger partial charge in [0.2, 0.25) is 0 Å². The second-order valence-electron chi connectivity index (χ2n) is 3.38. The first kappa shape index (κ1) is 12.3. The van der Waals surface area contributed by atoms with Crippen molar-refractivity contribution in [2.45, 2.75) is 6.54 Å². The van der Waals surface area contributed by atoms with E-state index in [0.29, 0.717) is 0 Å². The van der Waals surface area contributed by atoms with Crippen LogP contribution < -0.4 is 4.57 Å². The zero-order chi connectivity index (χ0) is 11.5. The van der Waals surface area contributed by atoms with Crippen LogP contribution in [0.2, 0.25) is 0 Å². The molecule has 0 unspecified atom stereocenters. The Hall–Kier alpha value is -0.190. The standard InChI is InChI=1S/C12H9Br3N/c13-10-5-4-9(11(14)12(10)15)8-16-6-2-1-3-7-16/h1-7H,8H2/q+1. The molecule has 0 atom stereocenters. The highest BCUT2D eigenvalue weighted by atomic mass is 79.9. The van der Waals surface area contributed by atoms with Crippen LogP contribution in [-0.4, -0.2) is 0 Å². The lowest BCUT2D eigenvalue weighted by Crippen LogP contribution is -2.32. The number of benzene rings is 1. The van der Waals surface area contributed by atoms with Crippen LogP contribution in [0.3, 0.4) is 0 Å². The molecule has 4 heteroatoms. The lowest BCUT2D eigenvalue weighted by molar-refractivity contribution is -0.688. The van der Waals surface area contributed by atoms with Crippen molar-refractivity contribution in [1.82, 2.24) is 0 Å². The summed E-state index contributed by atoms with van der Waals surface area (Å²) < 4.78 is 5.35. The van der Waals surface area contributed by atoms with E-state index in [1.807, 2.05) is 24.3 Å². The van der Waals surface area contributed by atoms with Gasteiger partial charge in [0.1, 0.15) is 0 Å². The van der Waals surface area contributed by atoms with E-state index in [1.54, 1.807) is 0 Å². The van der Waals surface area contributed by atoms with Crippen LogP contribution in [0, 0.1) is 0 Å². The van der Waals surface area contributed by atoms with E-state index < -0.39 is 0 Å². The molecule has 0 aliphatic heterocycles. The minimum atomic E-state index is 0.854. The molecule has 1 heterocycles. The Kier molecular flexibility index (Phi) is 4.16. The average molecular weight is 407 g/mol. The number of halogens is 3. The monoisotopic (exact) mass is 404 g/mol. The fourth-order valence-corrected chi connectivity index (χ4v) is 2.88. The molecule has 0 amide bonds. The van der Waals surface area contributed by atoms with Gasteiger partial charge in [-0.25, -0.2) is 4.57 Å². The second kappa shape index (κ2) is 5.43. The van der Waals surface area contributed by atoms with Gasteiger partial charge in [0, 0.05) is 31.1 Å². The largest absolute Gasteiger partial charge is 0.201 e. The molecule has 1 nitrogen and oxygen atoms in total. The molecule has 2 aromatic rings. The van der Waals surface area contributed by atoms with Crippen molar-refractivity contribution in [2.24, 2.45) is 0 Å². The summed E-state index contributed by atoms with van der Waals surface area (Å²) in [5, 5.41) is 0. The molecular formula is C12H9Br3N+. The normalized spacial score (nSPS) is 10.4. The van der Waals surface area contributed by atoms with E-state index in [-0.39, 0.29) is 0 Å². The van der Waals surface area contributed by atoms with Crippen LogP contribution in [0.4, 0.5) is 0 Å². The van der Waals surface area contributed by atoms with Crippen molar-refractivity contribution in [1.29, 1.82) is 0 Å². The summed E-state index contributed by atoms with van der Waals surface area (Å²) in [6.07, 6.45) is 4.12. The third-order valence-electron chi connectivity index (χ3n) is 2.25. The quantitative estimate of drug-likeness (QED) is 0.517. The van der Waals surface area contributed by atoms with Crippen molar-refractivity contribution < 1.29 is 4.57 Å². The SMILES string of the molecule is Brc1ccc(C[n+]2ccccc2)c(Br)c1Br. The van der Waals surface area contributed by atoms with Crippen molar-refractivity contribution >= 4 is 47.8 Å². The maximum absolute atomic E-state index is 3.60. The summed E-state index contributed by atoms with van der Waals surface area (Å²) >= 11 is 10.6. The first-order valence-electron chi connectivity index (χ1n) is 4.75. The van der Waals surface area contributed by atoms with Gasteiger partial charge in [-0.05, 0) is 53.9 Å². The molecule has 0 aliphatic carbocycles. The van der Waals surface area contributed by atoms with Gasteiger partial charge >= 0.3 is 0 Å². The Balaban J connectivity index is 2.33. The summed E-state index contributed by atoms with van der Waals surface area (Å²) in [4.78, 5) is 0. The Labute approximate surface area is 120 Å². The van der Waals surface area contributed by atoms with E-state index in [9.17, 15) is 0 Å². The van der Waals surface area contributed by atoms with Crippen LogP contribution in [0.5, 0.6) is 0 Å². The van der Waals surface area contributed by atoms with Crippen molar-refractivity contribution in [2.75, 3.05) is 0 Å². The van der Waals surface area contributed by atoms with Gasteiger partial charge in [-0.2, -0.15) is 0 Å². The maximum Gasteiger partial charge on any atom is 0.174 e. The Morgan fingerprint density at radius 3 is 2.25 bits per heavy atom. The first-order chi connectivity index (χ1) is 7.68. The van der Waals surface area contributed by atoms with Crippen LogP contribution in [-0.2, 0) is 6.54 Å². The van der Waals surface area contributed by atoms with Gasteiger partial charge < -0.3 is 0 Å². The molecule has 1 aromatic heterocycles. The fourth-order valence-electron chi connectivity index (χ4n) is 1.42. The van der Waals surface area contributed by atoms with Crippen LogP contribution >= 0.6 is 47.8 Å². The van der Waals surface area contributed by atoms with E-state index in [2.05, 4.69) is 70.8 Å². The number of pyridine rings is 1. The second-order valence-corrected chi connectivity index (χ2v) is 5.82. The lowest BCUT2D eigenvalue weighted by atomic mass is 10.2. The highest BCUT2D eigenvalue weighted by Gasteiger charge is 2.10. The lowest BCUT2D eigenvalue weighted by Gasteiger charge is -2.05.